The Morgan fingerprint density at radius 1 is 1.24 bits per heavy atom. The van der Waals surface area contributed by atoms with Crippen molar-refractivity contribution >= 4 is 9.84 Å². The average Bonchev–Trinajstić information content (AvgIpc) is 2.20. The van der Waals surface area contributed by atoms with Gasteiger partial charge in [0.1, 0.15) is 9.84 Å². The van der Waals surface area contributed by atoms with Crippen LogP contribution in [0.3, 0.4) is 0 Å². The quantitative estimate of drug-likeness (QED) is 0.842. The molecule has 1 aromatic carbocycles. The molecule has 0 heterocycles. The molecule has 0 bridgehead atoms. The molecule has 0 saturated carbocycles. The molecule has 0 amide bonds. The van der Waals surface area contributed by atoms with Gasteiger partial charge in [-0.2, -0.15) is 0 Å². The Bertz CT molecular complexity index is 493. The standard InChI is InChI=1S/C10H12F3NO2S/c1-17(15,16)3-2-9(14)6-4-7(11)10(13)8(12)5-6/h4-5,9H,2-3,14H2,1H3. The first kappa shape index (κ1) is 14.0. The maximum Gasteiger partial charge on any atom is 0.194 e. The van der Waals surface area contributed by atoms with E-state index in [0.29, 0.717) is 0 Å². The maximum absolute atomic E-state index is 12.9. The van der Waals surface area contributed by atoms with Crippen LogP contribution in [0.2, 0.25) is 0 Å². The highest BCUT2D eigenvalue weighted by Gasteiger charge is 2.16. The minimum atomic E-state index is -3.20. The van der Waals surface area contributed by atoms with E-state index in [1.807, 2.05) is 0 Å². The van der Waals surface area contributed by atoms with E-state index in [2.05, 4.69) is 0 Å². The zero-order valence-electron chi connectivity index (χ0n) is 9.08. The average molecular weight is 267 g/mol. The molecule has 7 heteroatoms. The summed E-state index contributed by atoms with van der Waals surface area (Å²) >= 11 is 0. The molecule has 17 heavy (non-hydrogen) atoms. The predicted octanol–water partition coefficient (Wildman–Crippen LogP) is 1.54. The lowest BCUT2D eigenvalue weighted by molar-refractivity contribution is 0.443. The van der Waals surface area contributed by atoms with Gasteiger partial charge in [-0.1, -0.05) is 0 Å². The summed E-state index contributed by atoms with van der Waals surface area (Å²) in [5.74, 6) is -4.44. The first-order valence-corrected chi connectivity index (χ1v) is 6.84. The molecule has 0 aliphatic rings. The number of sulfone groups is 1. The molecule has 0 spiro atoms. The fraction of sp³-hybridized carbons (Fsp3) is 0.400. The zero-order chi connectivity index (χ0) is 13.2. The third kappa shape index (κ3) is 4.01. The number of nitrogens with two attached hydrogens (primary N) is 1. The van der Waals surface area contributed by atoms with Gasteiger partial charge < -0.3 is 5.73 Å². The Labute approximate surface area is 97.4 Å². The molecule has 0 radical (unpaired) electrons. The lowest BCUT2D eigenvalue weighted by atomic mass is 10.1. The molecule has 0 fully saturated rings. The molecule has 1 rings (SSSR count). The van der Waals surface area contributed by atoms with Crippen molar-refractivity contribution in [2.24, 2.45) is 5.73 Å². The van der Waals surface area contributed by atoms with E-state index in [1.165, 1.54) is 0 Å². The molecule has 1 aromatic rings. The van der Waals surface area contributed by atoms with Gasteiger partial charge in [-0.15, -0.1) is 0 Å². The lowest BCUT2D eigenvalue weighted by Crippen LogP contribution is -2.16. The van der Waals surface area contributed by atoms with Gasteiger partial charge in [0, 0.05) is 12.3 Å². The van der Waals surface area contributed by atoms with Gasteiger partial charge in [0.2, 0.25) is 0 Å². The zero-order valence-corrected chi connectivity index (χ0v) is 9.90. The van der Waals surface area contributed by atoms with Crippen LogP contribution < -0.4 is 5.73 Å². The predicted molar refractivity (Wildman–Crippen MR) is 57.6 cm³/mol. The van der Waals surface area contributed by atoms with Crippen LogP contribution in [0.15, 0.2) is 12.1 Å². The van der Waals surface area contributed by atoms with Crippen molar-refractivity contribution in [1.29, 1.82) is 0 Å². The van der Waals surface area contributed by atoms with Crippen molar-refractivity contribution in [3.8, 4) is 0 Å². The number of hydrogen-bond acceptors (Lipinski definition) is 3. The van der Waals surface area contributed by atoms with Gasteiger partial charge in [0.25, 0.3) is 0 Å². The number of halogens is 3. The molecule has 3 nitrogen and oxygen atoms in total. The number of hydrogen-bond donors (Lipinski definition) is 1. The normalized spacial score (nSPS) is 13.7. The van der Waals surface area contributed by atoms with Gasteiger partial charge in [0.05, 0.1) is 5.75 Å². The van der Waals surface area contributed by atoms with Crippen LogP contribution in [0.4, 0.5) is 13.2 Å². The summed E-state index contributed by atoms with van der Waals surface area (Å²) in [6.07, 6.45) is 1.05. The van der Waals surface area contributed by atoms with E-state index in [4.69, 9.17) is 5.73 Å². The van der Waals surface area contributed by atoms with Crippen molar-refractivity contribution < 1.29 is 21.6 Å². The van der Waals surface area contributed by atoms with Gasteiger partial charge in [-0.3, -0.25) is 0 Å². The molecule has 2 N–H and O–H groups in total. The summed E-state index contributed by atoms with van der Waals surface area (Å²) in [6, 6.07) is 0.686. The van der Waals surface area contributed by atoms with E-state index in [1.54, 1.807) is 0 Å². The second-order valence-electron chi connectivity index (χ2n) is 3.82. The molecule has 0 aliphatic heterocycles. The molecule has 96 valence electrons. The van der Waals surface area contributed by atoms with Gasteiger partial charge in [0.15, 0.2) is 17.5 Å². The van der Waals surface area contributed by atoms with Crippen LogP contribution >= 0.6 is 0 Å². The van der Waals surface area contributed by atoms with E-state index in [0.717, 1.165) is 18.4 Å². The fourth-order valence-corrected chi connectivity index (χ4v) is 1.98. The third-order valence-corrected chi connectivity index (χ3v) is 3.21. The van der Waals surface area contributed by atoms with Gasteiger partial charge in [-0.05, 0) is 24.1 Å². The monoisotopic (exact) mass is 267 g/mol. The molecule has 0 aliphatic carbocycles. The smallest absolute Gasteiger partial charge is 0.194 e. The minimum Gasteiger partial charge on any atom is -0.324 e. The summed E-state index contributed by atoms with van der Waals surface area (Å²) in [5.41, 5.74) is 5.60. The summed E-state index contributed by atoms with van der Waals surface area (Å²) in [6.45, 7) is 0. The second-order valence-corrected chi connectivity index (χ2v) is 6.08. The summed E-state index contributed by atoms with van der Waals surface area (Å²) in [4.78, 5) is 0. The third-order valence-electron chi connectivity index (χ3n) is 2.23. The number of benzene rings is 1. The van der Waals surface area contributed by atoms with E-state index >= 15 is 0 Å². The van der Waals surface area contributed by atoms with Crippen LogP contribution in [0.1, 0.15) is 18.0 Å². The Morgan fingerprint density at radius 3 is 2.12 bits per heavy atom. The first-order chi connectivity index (χ1) is 7.70. The Kier molecular flexibility index (Phi) is 4.16. The van der Waals surface area contributed by atoms with E-state index < -0.39 is 33.3 Å². The Balaban J connectivity index is 2.86. The Hall–Kier alpha value is -1.08. The van der Waals surface area contributed by atoms with Crippen LogP contribution in [0, 0.1) is 17.5 Å². The largest absolute Gasteiger partial charge is 0.324 e. The minimum absolute atomic E-state index is 0.0172. The van der Waals surface area contributed by atoms with E-state index in [-0.39, 0.29) is 17.7 Å². The summed E-state index contributed by atoms with van der Waals surface area (Å²) < 4.78 is 60.2. The molecule has 0 saturated heterocycles. The van der Waals surface area contributed by atoms with Crippen molar-refractivity contribution in [1.82, 2.24) is 0 Å². The van der Waals surface area contributed by atoms with Gasteiger partial charge in [-0.25, -0.2) is 21.6 Å². The lowest BCUT2D eigenvalue weighted by Gasteiger charge is -2.11. The van der Waals surface area contributed by atoms with Gasteiger partial charge >= 0.3 is 0 Å². The maximum atomic E-state index is 12.9. The molecule has 0 aromatic heterocycles. The van der Waals surface area contributed by atoms with Crippen LogP contribution in [0.5, 0.6) is 0 Å². The van der Waals surface area contributed by atoms with Crippen LogP contribution in [0.25, 0.3) is 0 Å². The van der Waals surface area contributed by atoms with Crippen molar-refractivity contribution in [2.45, 2.75) is 12.5 Å². The van der Waals surface area contributed by atoms with E-state index in [9.17, 15) is 21.6 Å². The van der Waals surface area contributed by atoms with Crippen LogP contribution in [-0.2, 0) is 9.84 Å². The molecule has 1 atom stereocenters. The van der Waals surface area contributed by atoms with Crippen molar-refractivity contribution in [3.05, 3.63) is 35.1 Å². The highest BCUT2D eigenvalue weighted by molar-refractivity contribution is 7.90. The van der Waals surface area contributed by atoms with Crippen LogP contribution in [-0.4, -0.2) is 20.4 Å². The number of rotatable bonds is 4. The Morgan fingerprint density at radius 2 is 1.71 bits per heavy atom. The highest BCUT2D eigenvalue weighted by Crippen LogP contribution is 2.20. The first-order valence-electron chi connectivity index (χ1n) is 4.78. The topological polar surface area (TPSA) is 60.2 Å². The van der Waals surface area contributed by atoms with Crippen molar-refractivity contribution in [3.63, 3.8) is 0 Å². The van der Waals surface area contributed by atoms with Crippen molar-refractivity contribution in [2.75, 3.05) is 12.0 Å². The summed E-state index contributed by atoms with van der Waals surface area (Å²) in [5, 5.41) is 0. The molecule has 1 unspecified atom stereocenters. The fourth-order valence-electron chi connectivity index (χ4n) is 1.30. The summed E-state index contributed by atoms with van der Waals surface area (Å²) in [7, 11) is -3.20. The molecular formula is C10H12F3NO2S. The molecular weight excluding hydrogens is 255 g/mol. The second kappa shape index (κ2) is 5.05. The highest BCUT2D eigenvalue weighted by atomic mass is 32.2. The SMILES string of the molecule is CS(=O)(=O)CCC(N)c1cc(F)c(F)c(F)c1.